The van der Waals surface area contributed by atoms with Crippen LogP contribution in [0.15, 0.2) is 24.4 Å². The van der Waals surface area contributed by atoms with Crippen molar-refractivity contribution < 1.29 is 19.0 Å². The first kappa shape index (κ1) is 24.3. The van der Waals surface area contributed by atoms with E-state index in [0.29, 0.717) is 31.3 Å². The van der Waals surface area contributed by atoms with Crippen molar-refractivity contribution in [1.29, 1.82) is 0 Å². The van der Waals surface area contributed by atoms with Gasteiger partial charge in [-0.05, 0) is 50.1 Å². The van der Waals surface area contributed by atoms with Crippen molar-refractivity contribution in [2.45, 2.75) is 38.5 Å². The van der Waals surface area contributed by atoms with Gasteiger partial charge in [0, 0.05) is 37.0 Å². The molecule has 1 aromatic carbocycles. The number of halogens is 2. The third-order valence-corrected chi connectivity index (χ3v) is 6.41. The van der Waals surface area contributed by atoms with Crippen LogP contribution in [-0.4, -0.2) is 75.9 Å². The zero-order valence-electron chi connectivity index (χ0n) is 19.1. The summed E-state index contributed by atoms with van der Waals surface area (Å²) in [7, 11) is 0. The number of carboxylic acids is 1. The zero-order valence-corrected chi connectivity index (χ0v) is 19.9. The number of hydrogen-bond donors (Lipinski definition) is 2. The summed E-state index contributed by atoms with van der Waals surface area (Å²) in [5.74, 6) is 0.878. The summed E-state index contributed by atoms with van der Waals surface area (Å²) >= 11 is 0. The molecular weight excluding hydrogens is 463 g/mol. The van der Waals surface area contributed by atoms with Gasteiger partial charge in [0.15, 0.2) is 5.82 Å². The van der Waals surface area contributed by atoms with Gasteiger partial charge in [-0.25, -0.2) is 23.8 Å². The van der Waals surface area contributed by atoms with Gasteiger partial charge in [-0.3, -0.25) is 0 Å². The van der Waals surface area contributed by atoms with Gasteiger partial charge in [0.05, 0.1) is 17.8 Å². The van der Waals surface area contributed by atoms with E-state index < -0.39 is 12.1 Å². The maximum atomic E-state index is 14.7. The van der Waals surface area contributed by atoms with E-state index in [4.69, 9.17) is 9.84 Å². The molecule has 0 saturated carbocycles. The average molecular weight is 491 g/mol. The first-order valence-corrected chi connectivity index (χ1v) is 11.2. The SMILES string of the molecule is Cc1nc(N2CC(OCC(=O)O)C2)cc(-n2ncc3cc(C)c([C@H]4CCNC[C@H]4F)cc32)n1.Cl. The van der Waals surface area contributed by atoms with Crippen LogP contribution in [0, 0.1) is 13.8 Å². The largest absolute Gasteiger partial charge is 0.480 e. The lowest BCUT2D eigenvalue weighted by atomic mass is 9.85. The number of carboxylic acid groups (broad SMARTS) is 1. The van der Waals surface area contributed by atoms with Gasteiger partial charge in [-0.1, -0.05) is 0 Å². The Balaban J connectivity index is 0.00000274. The fourth-order valence-electron chi connectivity index (χ4n) is 4.68. The average Bonchev–Trinajstić information content (AvgIpc) is 3.14. The van der Waals surface area contributed by atoms with Crippen molar-refractivity contribution in [3.63, 3.8) is 0 Å². The number of anilines is 1. The number of aryl methyl sites for hydroxylation is 2. The third kappa shape index (κ3) is 4.70. The predicted octanol–water partition coefficient (Wildman–Crippen LogP) is 2.56. The third-order valence-electron chi connectivity index (χ3n) is 6.41. The summed E-state index contributed by atoms with van der Waals surface area (Å²) < 4.78 is 21.8. The zero-order chi connectivity index (χ0) is 23.1. The number of ether oxygens (including phenoxy) is 1. The number of piperidine rings is 1. The minimum Gasteiger partial charge on any atom is -0.480 e. The Hall–Kier alpha value is -2.82. The van der Waals surface area contributed by atoms with Crippen LogP contribution in [0.25, 0.3) is 16.7 Å². The topological polar surface area (TPSA) is 105 Å². The van der Waals surface area contributed by atoms with Crippen LogP contribution in [0.4, 0.5) is 10.2 Å². The smallest absolute Gasteiger partial charge is 0.329 e. The summed E-state index contributed by atoms with van der Waals surface area (Å²) in [5, 5.41) is 17.4. The van der Waals surface area contributed by atoms with Crippen molar-refractivity contribution in [2.24, 2.45) is 0 Å². The van der Waals surface area contributed by atoms with Gasteiger partial charge in [0.25, 0.3) is 0 Å². The highest BCUT2D eigenvalue weighted by molar-refractivity contribution is 5.85. The Morgan fingerprint density at radius 3 is 2.74 bits per heavy atom. The minimum absolute atomic E-state index is 0. The van der Waals surface area contributed by atoms with Crippen LogP contribution in [0.2, 0.25) is 0 Å². The maximum absolute atomic E-state index is 14.7. The Morgan fingerprint density at radius 1 is 1.24 bits per heavy atom. The summed E-state index contributed by atoms with van der Waals surface area (Å²) in [6.45, 7) is 5.88. The van der Waals surface area contributed by atoms with Crippen molar-refractivity contribution >= 4 is 35.1 Å². The summed E-state index contributed by atoms with van der Waals surface area (Å²) in [6.07, 6.45) is 1.52. The second-order valence-corrected chi connectivity index (χ2v) is 8.80. The first-order valence-electron chi connectivity index (χ1n) is 11.2. The summed E-state index contributed by atoms with van der Waals surface area (Å²) in [5.41, 5.74) is 2.98. The summed E-state index contributed by atoms with van der Waals surface area (Å²) in [4.78, 5) is 21.8. The van der Waals surface area contributed by atoms with Crippen molar-refractivity contribution in [3.8, 4) is 5.82 Å². The molecule has 9 nitrogen and oxygen atoms in total. The van der Waals surface area contributed by atoms with Gasteiger partial charge in [-0.15, -0.1) is 12.4 Å². The molecule has 3 aromatic rings. The molecule has 2 fully saturated rings. The van der Waals surface area contributed by atoms with Crippen LogP contribution < -0.4 is 10.2 Å². The van der Waals surface area contributed by atoms with E-state index in [1.165, 1.54) is 0 Å². The maximum Gasteiger partial charge on any atom is 0.329 e. The molecule has 4 heterocycles. The van der Waals surface area contributed by atoms with E-state index in [1.54, 1.807) is 10.9 Å². The second-order valence-electron chi connectivity index (χ2n) is 8.80. The van der Waals surface area contributed by atoms with Crippen molar-refractivity contribution in [2.75, 3.05) is 37.7 Å². The molecule has 5 rings (SSSR count). The molecule has 2 atom stereocenters. The molecule has 2 aliphatic rings. The molecule has 2 aromatic heterocycles. The van der Waals surface area contributed by atoms with Crippen LogP contribution >= 0.6 is 12.4 Å². The van der Waals surface area contributed by atoms with Gasteiger partial charge in [0.2, 0.25) is 0 Å². The molecule has 0 amide bonds. The van der Waals surface area contributed by atoms with Crippen LogP contribution in [0.5, 0.6) is 0 Å². The lowest BCUT2D eigenvalue weighted by Gasteiger charge is -2.39. The lowest BCUT2D eigenvalue weighted by molar-refractivity contribution is -0.144. The highest BCUT2D eigenvalue weighted by Crippen LogP contribution is 2.33. The molecule has 0 radical (unpaired) electrons. The fourth-order valence-corrected chi connectivity index (χ4v) is 4.68. The molecule has 11 heteroatoms. The van der Waals surface area contributed by atoms with Gasteiger partial charge in [0.1, 0.15) is 24.4 Å². The number of fused-ring (bicyclic) bond motifs is 1. The number of benzene rings is 1. The van der Waals surface area contributed by atoms with E-state index in [9.17, 15) is 9.18 Å². The number of hydrogen-bond acceptors (Lipinski definition) is 7. The number of alkyl halides is 1. The van der Waals surface area contributed by atoms with Crippen LogP contribution in [-0.2, 0) is 9.53 Å². The molecule has 0 spiro atoms. The van der Waals surface area contributed by atoms with Crippen LogP contribution in [0.1, 0.15) is 29.3 Å². The van der Waals surface area contributed by atoms with Crippen LogP contribution in [0.3, 0.4) is 0 Å². The molecule has 2 N–H and O–H groups in total. The van der Waals surface area contributed by atoms with Crippen molar-refractivity contribution in [3.05, 3.63) is 41.3 Å². The molecule has 0 aliphatic carbocycles. The van der Waals surface area contributed by atoms with E-state index in [0.717, 1.165) is 40.8 Å². The molecule has 2 saturated heterocycles. The van der Waals surface area contributed by atoms with E-state index >= 15 is 0 Å². The van der Waals surface area contributed by atoms with Gasteiger partial charge < -0.3 is 20.1 Å². The Labute approximate surface area is 202 Å². The molecule has 0 unspecified atom stereocenters. The van der Waals surface area contributed by atoms with Crippen molar-refractivity contribution in [1.82, 2.24) is 25.1 Å². The molecule has 182 valence electrons. The first-order chi connectivity index (χ1) is 15.9. The highest BCUT2D eigenvalue weighted by atomic mass is 35.5. The number of aliphatic carboxylic acids is 1. The second kappa shape index (κ2) is 9.81. The number of rotatable bonds is 6. The molecule has 2 aliphatic heterocycles. The monoisotopic (exact) mass is 490 g/mol. The molecule has 34 heavy (non-hydrogen) atoms. The molecular formula is C23H28ClFN6O3. The molecule has 0 bridgehead atoms. The fraction of sp³-hybridized carbons (Fsp3) is 0.478. The number of nitrogens with zero attached hydrogens (tertiary/aromatic N) is 5. The highest BCUT2D eigenvalue weighted by Gasteiger charge is 2.30. The van der Waals surface area contributed by atoms with E-state index in [1.807, 2.05) is 24.8 Å². The lowest BCUT2D eigenvalue weighted by Crippen LogP contribution is -2.53. The number of aromatic nitrogens is 4. The summed E-state index contributed by atoms with van der Waals surface area (Å²) in [6, 6.07) is 5.99. The number of nitrogens with one attached hydrogen (secondary N) is 1. The number of carbonyl (C=O) groups is 1. The van der Waals surface area contributed by atoms with E-state index in [-0.39, 0.29) is 31.0 Å². The minimum atomic E-state index is -0.975. The van der Waals surface area contributed by atoms with E-state index in [2.05, 4.69) is 32.5 Å². The Morgan fingerprint density at radius 2 is 2.00 bits per heavy atom. The predicted molar refractivity (Wildman–Crippen MR) is 128 cm³/mol. The van der Waals surface area contributed by atoms with Gasteiger partial charge in [-0.2, -0.15) is 5.10 Å². The quantitative estimate of drug-likeness (QED) is 0.543. The Kier molecular flexibility index (Phi) is 7.01. The van der Waals surface area contributed by atoms with Gasteiger partial charge >= 0.3 is 5.97 Å². The Bertz CT molecular complexity index is 1200. The normalized spacial score (nSPS) is 20.7. The standard InChI is InChI=1S/C23H27FN6O3.ClH/c1-13-5-15-8-26-30(20(15)6-18(13)17-3-4-25-9-19(17)24)22-7-21(27-14(2)28-22)29-10-16(11-29)33-12-23(31)32;/h5-8,16-17,19,25H,3-4,9-12H2,1-2H3,(H,31,32);1H/t17-,19-;/m1./s1.